The molecule has 6 heteroatoms. The Morgan fingerprint density at radius 2 is 2.26 bits per heavy atom. The monoisotopic (exact) mass is 290 g/mol. The Bertz CT molecular complexity index is 446. The van der Waals surface area contributed by atoms with Gasteiger partial charge in [-0.2, -0.15) is 0 Å². The normalized spacial score (nSPS) is 25.9. The molecule has 0 radical (unpaired) electrons. The molecule has 19 heavy (non-hydrogen) atoms. The first-order valence-electron chi connectivity index (χ1n) is 6.04. The van der Waals surface area contributed by atoms with Crippen molar-refractivity contribution in [3.63, 3.8) is 0 Å². The lowest BCUT2D eigenvalue weighted by atomic mass is 9.85. The highest BCUT2D eigenvalue weighted by atomic mass is 35.5. The molecule has 1 aliphatic rings. The van der Waals surface area contributed by atoms with Crippen LogP contribution in [0.3, 0.4) is 0 Å². The second-order valence-electron chi connectivity index (χ2n) is 4.48. The van der Waals surface area contributed by atoms with Crippen LogP contribution >= 0.6 is 11.6 Å². The molecule has 0 bridgehead atoms. The summed E-state index contributed by atoms with van der Waals surface area (Å²) in [5.41, 5.74) is 0.203. The standard InChI is InChI=1S/C13H17ClF2N2O/c1-4-5-6-17-12-11(8(2)14)9(13(3,15)16)7-10(19)18-12/h5-6,9H,4,7H2,1-3H3,(H,17,18,19)/b6-5+,11-8+. The van der Waals surface area contributed by atoms with E-state index in [4.69, 9.17) is 11.6 Å². The van der Waals surface area contributed by atoms with E-state index >= 15 is 0 Å². The summed E-state index contributed by atoms with van der Waals surface area (Å²) in [6.45, 7) is 4.23. The van der Waals surface area contributed by atoms with E-state index in [2.05, 4.69) is 10.3 Å². The Labute approximate surface area is 116 Å². The van der Waals surface area contributed by atoms with Crippen molar-refractivity contribution in [1.29, 1.82) is 0 Å². The van der Waals surface area contributed by atoms with Gasteiger partial charge < -0.3 is 5.32 Å². The number of allylic oxidation sites excluding steroid dienone is 2. The molecule has 0 aromatic carbocycles. The smallest absolute Gasteiger partial charge is 0.252 e. The van der Waals surface area contributed by atoms with Crippen molar-refractivity contribution in [3.8, 4) is 0 Å². The summed E-state index contributed by atoms with van der Waals surface area (Å²) in [6, 6.07) is 0. The van der Waals surface area contributed by atoms with Crippen LogP contribution in [0.1, 0.15) is 33.6 Å². The highest BCUT2D eigenvalue weighted by Gasteiger charge is 2.43. The molecule has 0 aromatic rings. The fourth-order valence-electron chi connectivity index (χ4n) is 1.87. The number of nitrogens with one attached hydrogen (secondary N) is 1. The number of hydrogen-bond acceptors (Lipinski definition) is 2. The average molecular weight is 291 g/mol. The van der Waals surface area contributed by atoms with Crippen molar-refractivity contribution >= 4 is 23.3 Å². The number of carbonyl (C=O) groups is 1. The summed E-state index contributed by atoms with van der Waals surface area (Å²) < 4.78 is 27.2. The van der Waals surface area contributed by atoms with Gasteiger partial charge in [0.1, 0.15) is 5.84 Å². The largest absolute Gasteiger partial charge is 0.310 e. The summed E-state index contributed by atoms with van der Waals surface area (Å²) in [5, 5.41) is 2.71. The summed E-state index contributed by atoms with van der Waals surface area (Å²) in [4.78, 5) is 15.5. The highest BCUT2D eigenvalue weighted by Crippen LogP contribution is 2.37. The van der Waals surface area contributed by atoms with Crippen molar-refractivity contribution in [2.45, 2.75) is 39.5 Å². The zero-order chi connectivity index (χ0) is 14.6. The Kier molecular flexibility index (Phi) is 5.23. The maximum atomic E-state index is 13.6. The number of nitrogens with zero attached hydrogens (tertiary/aromatic N) is 1. The third kappa shape index (κ3) is 4.13. The number of piperidine rings is 1. The van der Waals surface area contributed by atoms with Crippen molar-refractivity contribution in [3.05, 3.63) is 22.9 Å². The lowest BCUT2D eigenvalue weighted by Crippen LogP contribution is -2.46. The molecule has 1 saturated heterocycles. The zero-order valence-corrected chi connectivity index (χ0v) is 11.9. The quantitative estimate of drug-likeness (QED) is 0.847. The first kappa shape index (κ1) is 15.8. The first-order chi connectivity index (χ1) is 8.77. The lowest BCUT2D eigenvalue weighted by Gasteiger charge is -2.31. The molecule has 1 aliphatic heterocycles. The summed E-state index contributed by atoms with van der Waals surface area (Å²) >= 11 is 5.90. The number of carbonyl (C=O) groups excluding carboxylic acids is 1. The molecular formula is C13H17ClF2N2O. The Morgan fingerprint density at radius 1 is 1.63 bits per heavy atom. The summed E-state index contributed by atoms with van der Waals surface area (Å²) in [5.74, 6) is -4.64. The molecule has 1 atom stereocenters. The summed E-state index contributed by atoms with van der Waals surface area (Å²) in [6.07, 6.45) is 3.70. The van der Waals surface area contributed by atoms with Gasteiger partial charge in [-0.15, -0.1) is 0 Å². The van der Waals surface area contributed by atoms with Gasteiger partial charge in [0, 0.05) is 23.2 Å². The fourth-order valence-corrected chi connectivity index (χ4v) is 2.09. The van der Waals surface area contributed by atoms with E-state index in [-0.39, 0.29) is 22.9 Å². The number of amidine groups is 1. The molecule has 0 aromatic heterocycles. The average Bonchev–Trinajstić information content (AvgIpc) is 2.26. The van der Waals surface area contributed by atoms with E-state index in [1.165, 1.54) is 13.1 Å². The van der Waals surface area contributed by atoms with Gasteiger partial charge in [-0.1, -0.05) is 24.6 Å². The van der Waals surface area contributed by atoms with E-state index < -0.39 is 17.7 Å². The van der Waals surface area contributed by atoms with Crippen LogP contribution in [-0.2, 0) is 4.79 Å². The van der Waals surface area contributed by atoms with Crippen LogP contribution in [0.5, 0.6) is 0 Å². The van der Waals surface area contributed by atoms with Crippen molar-refractivity contribution in [2.24, 2.45) is 10.9 Å². The number of alkyl halides is 2. The van der Waals surface area contributed by atoms with Gasteiger partial charge in [0.05, 0.1) is 5.92 Å². The molecule has 106 valence electrons. The summed E-state index contributed by atoms with van der Waals surface area (Å²) in [7, 11) is 0. The topological polar surface area (TPSA) is 41.5 Å². The molecule has 0 saturated carbocycles. The number of rotatable bonds is 3. The van der Waals surface area contributed by atoms with E-state index in [0.29, 0.717) is 0 Å². The van der Waals surface area contributed by atoms with Crippen LogP contribution in [0.4, 0.5) is 8.78 Å². The van der Waals surface area contributed by atoms with Crippen LogP contribution in [0.2, 0.25) is 0 Å². The minimum atomic E-state index is -3.03. The zero-order valence-electron chi connectivity index (χ0n) is 11.1. The third-order valence-corrected chi connectivity index (χ3v) is 2.98. The molecule has 1 rings (SSSR count). The molecule has 1 unspecified atom stereocenters. The minimum Gasteiger partial charge on any atom is -0.310 e. The Morgan fingerprint density at radius 3 is 2.74 bits per heavy atom. The van der Waals surface area contributed by atoms with Crippen LogP contribution in [0.25, 0.3) is 0 Å². The lowest BCUT2D eigenvalue weighted by molar-refractivity contribution is -0.124. The molecule has 1 fully saturated rings. The van der Waals surface area contributed by atoms with Crippen LogP contribution in [0, 0.1) is 5.92 Å². The third-order valence-electron chi connectivity index (χ3n) is 2.78. The second-order valence-corrected chi connectivity index (χ2v) is 5.05. The number of halogens is 3. The molecule has 1 heterocycles. The van der Waals surface area contributed by atoms with Crippen LogP contribution in [0.15, 0.2) is 27.9 Å². The number of amides is 1. The van der Waals surface area contributed by atoms with Gasteiger partial charge in [0.2, 0.25) is 5.91 Å². The predicted molar refractivity (Wildman–Crippen MR) is 72.3 cm³/mol. The van der Waals surface area contributed by atoms with Gasteiger partial charge in [-0.3, -0.25) is 4.79 Å². The number of hydrogen-bond donors (Lipinski definition) is 1. The first-order valence-corrected chi connectivity index (χ1v) is 6.42. The maximum Gasteiger partial charge on any atom is 0.252 e. The van der Waals surface area contributed by atoms with Crippen molar-refractivity contribution in [2.75, 3.05) is 0 Å². The Hall–Kier alpha value is -1.23. The van der Waals surface area contributed by atoms with Crippen LogP contribution in [-0.4, -0.2) is 17.7 Å². The molecule has 1 N–H and O–H groups in total. The Balaban J connectivity index is 3.23. The van der Waals surface area contributed by atoms with Gasteiger partial charge in [0.25, 0.3) is 5.92 Å². The molecular weight excluding hydrogens is 274 g/mol. The molecule has 0 aliphatic carbocycles. The number of aliphatic imine (C=N–C) groups is 1. The van der Waals surface area contributed by atoms with E-state index in [0.717, 1.165) is 13.3 Å². The minimum absolute atomic E-state index is 0.111. The molecule has 0 spiro atoms. The van der Waals surface area contributed by atoms with Crippen molar-refractivity contribution < 1.29 is 13.6 Å². The van der Waals surface area contributed by atoms with E-state index in [1.807, 2.05) is 6.92 Å². The van der Waals surface area contributed by atoms with Gasteiger partial charge >= 0.3 is 0 Å². The van der Waals surface area contributed by atoms with E-state index in [9.17, 15) is 13.6 Å². The predicted octanol–water partition coefficient (Wildman–Crippen LogP) is 3.61. The SMILES string of the molecule is CC/C=C/N=C1\NC(=O)CC(C(C)(F)F)\C1=C(\C)Cl. The van der Waals surface area contributed by atoms with Gasteiger partial charge in [-0.05, 0) is 20.3 Å². The molecule has 3 nitrogen and oxygen atoms in total. The van der Waals surface area contributed by atoms with Gasteiger partial charge in [-0.25, -0.2) is 13.8 Å². The fraction of sp³-hybridized carbons (Fsp3) is 0.538. The second kappa shape index (κ2) is 6.28. The molecule has 1 amide bonds. The van der Waals surface area contributed by atoms with Crippen molar-refractivity contribution in [1.82, 2.24) is 5.32 Å². The maximum absolute atomic E-state index is 13.6. The van der Waals surface area contributed by atoms with Gasteiger partial charge in [0.15, 0.2) is 0 Å². The highest BCUT2D eigenvalue weighted by molar-refractivity contribution is 6.32. The van der Waals surface area contributed by atoms with Crippen LogP contribution < -0.4 is 5.32 Å². The van der Waals surface area contributed by atoms with E-state index in [1.54, 1.807) is 6.08 Å².